The number of nitrogens with one attached hydrogen (secondary N) is 1. The van der Waals surface area contributed by atoms with E-state index in [-0.39, 0.29) is 17.9 Å². The van der Waals surface area contributed by atoms with Gasteiger partial charge in [0.25, 0.3) is 0 Å². The highest BCUT2D eigenvalue weighted by atomic mass is 16.6. The molecule has 1 atom stereocenters. The molecular weight excluding hydrogens is 438 g/mol. The van der Waals surface area contributed by atoms with Gasteiger partial charge in [-0.3, -0.25) is 9.69 Å². The Morgan fingerprint density at radius 3 is 2.43 bits per heavy atom. The minimum Gasteiger partial charge on any atom is -0.444 e. The van der Waals surface area contributed by atoms with E-state index in [1.165, 1.54) is 0 Å². The van der Waals surface area contributed by atoms with E-state index in [0.29, 0.717) is 13.0 Å². The molecule has 180 valence electrons. The molecule has 1 aliphatic heterocycles. The number of hydrogen-bond donors (Lipinski definition) is 1. The van der Waals surface area contributed by atoms with Crippen LogP contribution in [0.5, 0.6) is 0 Å². The SMILES string of the molecule is CC(C)(C)OC(=O)N1CCC[C@H]1c1ncc(-c2ccc(C3=C(c4ccccc4)C(=O)CC3)cc2)[nH]1. The van der Waals surface area contributed by atoms with Crippen LogP contribution >= 0.6 is 0 Å². The number of imidazole rings is 1. The molecule has 0 radical (unpaired) electrons. The number of ether oxygens (including phenoxy) is 1. The normalized spacial score (nSPS) is 18.4. The lowest BCUT2D eigenvalue weighted by molar-refractivity contribution is -0.113. The maximum Gasteiger partial charge on any atom is 0.410 e. The Morgan fingerprint density at radius 1 is 1.00 bits per heavy atom. The van der Waals surface area contributed by atoms with Crippen LogP contribution in [0, 0.1) is 0 Å². The lowest BCUT2D eigenvalue weighted by Gasteiger charge is -2.27. The fourth-order valence-electron chi connectivity index (χ4n) is 4.98. The van der Waals surface area contributed by atoms with Crippen LogP contribution in [0.2, 0.25) is 0 Å². The molecular formula is C29H31N3O3. The molecule has 6 nitrogen and oxygen atoms in total. The Bertz CT molecular complexity index is 1270. The topological polar surface area (TPSA) is 75.3 Å². The summed E-state index contributed by atoms with van der Waals surface area (Å²) in [4.78, 5) is 35.1. The number of aromatic nitrogens is 2. The standard InChI is InChI=1S/C29H31N3O3/c1-29(2,3)35-28(34)32-17-7-10-24(32)27-30-18-23(31-27)20-13-11-19(12-14-20)22-15-16-25(33)26(22)21-8-5-4-6-9-21/h4-6,8-9,11-14,18,24H,7,10,15-17H2,1-3H3,(H,30,31)/t24-/m0/s1. The number of carbonyl (C=O) groups is 2. The number of nitrogens with zero attached hydrogens (tertiary/aromatic N) is 2. The fourth-order valence-corrected chi connectivity index (χ4v) is 4.98. The first-order chi connectivity index (χ1) is 16.8. The van der Waals surface area contributed by atoms with Crippen molar-refractivity contribution in [2.75, 3.05) is 6.54 Å². The third-order valence-corrected chi connectivity index (χ3v) is 6.58. The number of Topliss-reactive ketones (excluding diaryl/α,β-unsaturated/α-hetero) is 1. The molecule has 6 heteroatoms. The highest BCUT2D eigenvalue weighted by molar-refractivity contribution is 6.31. The number of hydrogen-bond acceptors (Lipinski definition) is 4. The molecule has 1 fully saturated rings. The molecule has 1 aliphatic carbocycles. The van der Waals surface area contributed by atoms with Crippen molar-refractivity contribution in [1.82, 2.24) is 14.9 Å². The summed E-state index contributed by atoms with van der Waals surface area (Å²) in [7, 11) is 0. The summed E-state index contributed by atoms with van der Waals surface area (Å²) >= 11 is 0. The number of rotatable bonds is 4. The van der Waals surface area contributed by atoms with Gasteiger partial charge in [-0.15, -0.1) is 0 Å². The monoisotopic (exact) mass is 469 g/mol. The number of likely N-dealkylation sites (tertiary alicyclic amines) is 1. The third kappa shape index (κ3) is 4.78. The minimum atomic E-state index is -0.528. The van der Waals surface area contributed by atoms with Crippen molar-refractivity contribution in [2.24, 2.45) is 0 Å². The third-order valence-electron chi connectivity index (χ3n) is 6.58. The first-order valence-electron chi connectivity index (χ1n) is 12.3. The van der Waals surface area contributed by atoms with E-state index in [1.807, 2.05) is 57.3 Å². The van der Waals surface area contributed by atoms with Gasteiger partial charge in [-0.1, -0.05) is 54.6 Å². The van der Waals surface area contributed by atoms with Gasteiger partial charge >= 0.3 is 6.09 Å². The van der Waals surface area contributed by atoms with Crippen molar-refractivity contribution in [3.63, 3.8) is 0 Å². The van der Waals surface area contributed by atoms with E-state index in [2.05, 4.69) is 34.2 Å². The fraction of sp³-hybridized carbons (Fsp3) is 0.345. The average molecular weight is 470 g/mol. The van der Waals surface area contributed by atoms with Crippen molar-refractivity contribution >= 4 is 23.0 Å². The second-order valence-corrected chi connectivity index (χ2v) is 10.2. The Kier molecular flexibility index (Phi) is 6.05. The summed E-state index contributed by atoms with van der Waals surface area (Å²) in [5.74, 6) is 0.988. The maximum absolute atomic E-state index is 12.7. The van der Waals surface area contributed by atoms with Gasteiger partial charge in [-0.25, -0.2) is 9.78 Å². The van der Waals surface area contributed by atoms with Crippen molar-refractivity contribution in [3.8, 4) is 11.3 Å². The summed E-state index contributed by atoms with van der Waals surface area (Å²) in [5.41, 5.74) is 5.40. The van der Waals surface area contributed by atoms with Crippen LogP contribution in [0.1, 0.15) is 69.4 Å². The molecule has 2 aromatic carbocycles. The zero-order valence-electron chi connectivity index (χ0n) is 20.5. The second kappa shape index (κ2) is 9.17. The minimum absolute atomic E-state index is 0.110. The Morgan fingerprint density at radius 2 is 1.71 bits per heavy atom. The Balaban J connectivity index is 1.37. The maximum atomic E-state index is 12.7. The van der Waals surface area contributed by atoms with Gasteiger partial charge in [-0.05, 0) is 62.3 Å². The van der Waals surface area contributed by atoms with E-state index in [1.54, 1.807) is 4.90 Å². The highest BCUT2D eigenvalue weighted by Gasteiger charge is 2.35. The van der Waals surface area contributed by atoms with E-state index in [0.717, 1.165) is 58.6 Å². The first kappa shape index (κ1) is 23.1. The van der Waals surface area contributed by atoms with E-state index < -0.39 is 5.60 Å². The summed E-state index contributed by atoms with van der Waals surface area (Å²) in [5, 5.41) is 0. The molecule has 0 saturated carbocycles. The summed E-state index contributed by atoms with van der Waals surface area (Å²) in [6.45, 7) is 6.31. The Labute approximate surface area is 206 Å². The van der Waals surface area contributed by atoms with Crippen molar-refractivity contribution in [1.29, 1.82) is 0 Å². The van der Waals surface area contributed by atoms with Crippen molar-refractivity contribution < 1.29 is 14.3 Å². The molecule has 0 spiro atoms. The second-order valence-electron chi connectivity index (χ2n) is 10.2. The first-order valence-corrected chi connectivity index (χ1v) is 12.3. The molecule has 3 aromatic rings. The quantitative estimate of drug-likeness (QED) is 0.478. The van der Waals surface area contributed by atoms with Crippen LogP contribution in [-0.2, 0) is 9.53 Å². The van der Waals surface area contributed by atoms with Gasteiger partial charge in [0, 0.05) is 18.5 Å². The van der Waals surface area contributed by atoms with Gasteiger partial charge in [0.2, 0.25) is 0 Å². The number of aromatic amines is 1. The number of benzene rings is 2. The van der Waals surface area contributed by atoms with Gasteiger partial charge in [0.15, 0.2) is 5.78 Å². The van der Waals surface area contributed by atoms with E-state index in [4.69, 9.17) is 4.74 Å². The highest BCUT2D eigenvalue weighted by Crippen LogP contribution is 2.38. The lowest BCUT2D eigenvalue weighted by Crippen LogP contribution is -2.36. The van der Waals surface area contributed by atoms with Crippen LogP contribution in [0.15, 0.2) is 60.8 Å². The smallest absolute Gasteiger partial charge is 0.410 e. The number of allylic oxidation sites excluding steroid dienone is 2. The molecule has 1 saturated heterocycles. The van der Waals surface area contributed by atoms with Crippen LogP contribution < -0.4 is 0 Å². The van der Waals surface area contributed by atoms with Crippen LogP contribution in [0.4, 0.5) is 4.79 Å². The molecule has 0 unspecified atom stereocenters. The van der Waals surface area contributed by atoms with Crippen LogP contribution in [0.25, 0.3) is 22.4 Å². The summed E-state index contributed by atoms with van der Waals surface area (Å²) in [6.07, 6.45) is 4.63. The van der Waals surface area contributed by atoms with Crippen LogP contribution in [-0.4, -0.2) is 38.9 Å². The Hall–Kier alpha value is -3.67. The van der Waals surface area contributed by atoms with Crippen LogP contribution in [0.3, 0.4) is 0 Å². The molecule has 2 aliphatic rings. The van der Waals surface area contributed by atoms with E-state index >= 15 is 0 Å². The van der Waals surface area contributed by atoms with Gasteiger partial charge in [0.1, 0.15) is 11.4 Å². The largest absolute Gasteiger partial charge is 0.444 e. The molecule has 0 bridgehead atoms. The molecule has 5 rings (SSSR count). The zero-order chi connectivity index (χ0) is 24.6. The summed E-state index contributed by atoms with van der Waals surface area (Å²) in [6, 6.07) is 18.1. The number of carbonyl (C=O) groups excluding carboxylic acids is 2. The van der Waals surface area contributed by atoms with Crippen molar-refractivity contribution in [2.45, 2.75) is 58.1 Å². The van der Waals surface area contributed by atoms with Gasteiger partial charge in [-0.2, -0.15) is 0 Å². The number of H-pyrrole nitrogens is 1. The molecule has 1 N–H and O–H groups in total. The number of ketones is 1. The van der Waals surface area contributed by atoms with E-state index in [9.17, 15) is 9.59 Å². The predicted molar refractivity (Wildman–Crippen MR) is 136 cm³/mol. The lowest BCUT2D eigenvalue weighted by atomic mass is 9.96. The average Bonchev–Trinajstić information content (AvgIpc) is 3.58. The molecule has 1 amide bonds. The summed E-state index contributed by atoms with van der Waals surface area (Å²) < 4.78 is 5.59. The molecule has 1 aromatic heterocycles. The molecule has 35 heavy (non-hydrogen) atoms. The van der Waals surface area contributed by atoms with Gasteiger partial charge in [0.05, 0.1) is 17.9 Å². The zero-order valence-corrected chi connectivity index (χ0v) is 20.5. The van der Waals surface area contributed by atoms with Crippen molar-refractivity contribution in [3.05, 3.63) is 77.7 Å². The predicted octanol–water partition coefficient (Wildman–Crippen LogP) is 6.42. The molecule has 2 heterocycles. The van der Waals surface area contributed by atoms with Gasteiger partial charge < -0.3 is 9.72 Å². The number of amides is 1.